The van der Waals surface area contributed by atoms with Crippen molar-refractivity contribution >= 4 is 39.2 Å². The van der Waals surface area contributed by atoms with Crippen molar-refractivity contribution in [1.29, 1.82) is 0 Å². The molecule has 9 nitrogen and oxygen atoms in total. The number of amides is 1. The van der Waals surface area contributed by atoms with Crippen molar-refractivity contribution in [3.8, 4) is 0 Å². The van der Waals surface area contributed by atoms with Crippen molar-refractivity contribution in [2.24, 2.45) is 13.0 Å². The lowest BCUT2D eigenvalue weighted by atomic mass is 9.97. The molecule has 0 atom stereocenters. The van der Waals surface area contributed by atoms with E-state index in [0.29, 0.717) is 17.9 Å². The molecular formula is C17H19ClN4O5S. The Hall–Kier alpha value is -2.43. The second-order valence-corrected chi connectivity index (χ2v) is 8.83. The van der Waals surface area contributed by atoms with Gasteiger partial charge >= 0.3 is 5.97 Å². The summed E-state index contributed by atoms with van der Waals surface area (Å²) in [6, 6.07) is 5.93. The van der Waals surface area contributed by atoms with Crippen LogP contribution in [0.5, 0.6) is 0 Å². The van der Waals surface area contributed by atoms with Crippen LogP contribution in [0.25, 0.3) is 0 Å². The van der Waals surface area contributed by atoms with Crippen LogP contribution in [0, 0.1) is 5.92 Å². The first-order chi connectivity index (χ1) is 13.2. The minimum atomic E-state index is -3.65. The van der Waals surface area contributed by atoms with Gasteiger partial charge in [0.25, 0.3) is 0 Å². The first-order valence-electron chi connectivity index (χ1n) is 8.52. The van der Waals surface area contributed by atoms with Crippen LogP contribution in [0.2, 0.25) is 5.02 Å². The van der Waals surface area contributed by atoms with Crippen LogP contribution in [-0.2, 0) is 21.9 Å². The Morgan fingerprint density at radius 3 is 2.39 bits per heavy atom. The summed E-state index contributed by atoms with van der Waals surface area (Å²) in [5.41, 5.74) is 0.00678. The van der Waals surface area contributed by atoms with Gasteiger partial charge in [0.15, 0.2) is 5.69 Å². The fourth-order valence-electron chi connectivity index (χ4n) is 3.13. The number of carboxylic acids is 1. The third-order valence-corrected chi connectivity index (χ3v) is 6.84. The van der Waals surface area contributed by atoms with Crippen LogP contribution >= 0.6 is 11.6 Å². The zero-order chi connectivity index (χ0) is 20.5. The highest BCUT2D eigenvalue weighted by Crippen LogP contribution is 2.26. The first kappa shape index (κ1) is 20.3. The summed E-state index contributed by atoms with van der Waals surface area (Å²) < 4.78 is 27.9. The average Bonchev–Trinajstić information content (AvgIpc) is 3.02. The average molecular weight is 427 g/mol. The van der Waals surface area contributed by atoms with E-state index in [1.807, 2.05) is 0 Å². The fourth-order valence-corrected chi connectivity index (χ4v) is 4.73. The largest absolute Gasteiger partial charge is 0.476 e. The second kappa shape index (κ2) is 7.90. The molecule has 11 heteroatoms. The van der Waals surface area contributed by atoms with Crippen LogP contribution in [0.1, 0.15) is 23.3 Å². The number of carbonyl (C=O) groups is 2. The summed E-state index contributed by atoms with van der Waals surface area (Å²) in [4.78, 5) is 23.9. The molecule has 1 amide bonds. The molecule has 1 aromatic carbocycles. The van der Waals surface area contributed by atoms with Crippen molar-refractivity contribution in [3.63, 3.8) is 0 Å². The molecular weight excluding hydrogens is 408 g/mol. The van der Waals surface area contributed by atoms with Crippen molar-refractivity contribution in [2.75, 3.05) is 18.4 Å². The summed E-state index contributed by atoms with van der Waals surface area (Å²) in [6.07, 6.45) is 1.95. The third-order valence-electron chi connectivity index (χ3n) is 4.68. The fraction of sp³-hybridized carbons (Fsp3) is 0.353. The zero-order valence-corrected chi connectivity index (χ0v) is 16.6. The summed E-state index contributed by atoms with van der Waals surface area (Å²) in [7, 11) is -2.18. The van der Waals surface area contributed by atoms with E-state index >= 15 is 0 Å². The van der Waals surface area contributed by atoms with E-state index in [-0.39, 0.29) is 35.3 Å². The standard InChI is InChI=1S/C17H19ClN4O5S/c1-21-15(17(24)25)14(10-19-21)20-16(23)11-6-8-22(9-7-11)28(26,27)13-4-2-12(18)3-5-13/h2-5,10-11H,6-9H2,1H3,(H,20,23)(H,24,25). The number of benzene rings is 1. The first-order valence-corrected chi connectivity index (χ1v) is 10.3. The number of aromatic carboxylic acids is 1. The van der Waals surface area contributed by atoms with Crippen LogP contribution < -0.4 is 5.32 Å². The molecule has 28 heavy (non-hydrogen) atoms. The van der Waals surface area contributed by atoms with Gasteiger partial charge in [-0.1, -0.05) is 11.6 Å². The van der Waals surface area contributed by atoms with Gasteiger partial charge in [-0.3, -0.25) is 9.48 Å². The number of sulfonamides is 1. The topological polar surface area (TPSA) is 122 Å². The summed E-state index contributed by atoms with van der Waals surface area (Å²) in [6.45, 7) is 0.393. The molecule has 1 saturated heterocycles. The van der Waals surface area contributed by atoms with E-state index in [2.05, 4.69) is 10.4 Å². The number of halogens is 1. The molecule has 150 valence electrons. The number of aryl methyl sites for hydroxylation is 1. The van der Waals surface area contributed by atoms with Gasteiger partial charge in [-0.05, 0) is 37.1 Å². The van der Waals surface area contributed by atoms with E-state index in [1.54, 1.807) is 0 Å². The lowest BCUT2D eigenvalue weighted by Gasteiger charge is -2.30. The highest BCUT2D eigenvalue weighted by atomic mass is 35.5. The molecule has 0 unspecified atom stereocenters. The Morgan fingerprint density at radius 1 is 1.21 bits per heavy atom. The number of nitrogens with one attached hydrogen (secondary N) is 1. The van der Waals surface area contributed by atoms with Gasteiger partial charge in [-0.2, -0.15) is 9.40 Å². The van der Waals surface area contributed by atoms with Gasteiger partial charge in [-0.25, -0.2) is 13.2 Å². The Morgan fingerprint density at radius 2 is 1.82 bits per heavy atom. The lowest BCUT2D eigenvalue weighted by molar-refractivity contribution is -0.120. The smallest absolute Gasteiger partial charge is 0.356 e. The van der Waals surface area contributed by atoms with Crippen molar-refractivity contribution in [1.82, 2.24) is 14.1 Å². The Balaban J connectivity index is 1.64. The van der Waals surface area contributed by atoms with E-state index in [9.17, 15) is 23.1 Å². The van der Waals surface area contributed by atoms with Gasteiger partial charge in [0.05, 0.1) is 16.8 Å². The highest BCUT2D eigenvalue weighted by molar-refractivity contribution is 7.89. The molecule has 0 saturated carbocycles. The molecule has 1 aromatic heterocycles. The summed E-state index contributed by atoms with van der Waals surface area (Å²) in [5.74, 6) is -1.96. The number of anilines is 1. The molecule has 2 aromatic rings. The quantitative estimate of drug-likeness (QED) is 0.751. The van der Waals surface area contributed by atoms with Crippen molar-refractivity contribution < 1.29 is 23.1 Å². The van der Waals surface area contributed by atoms with Gasteiger partial charge in [0.2, 0.25) is 15.9 Å². The maximum Gasteiger partial charge on any atom is 0.356 e. The van der Waals surface area contributed by atoms with Crippen molar-refractivity contribution in [3.05, 3.63) is 41.2 Å². The molecule has 0 bridgehead atoms. The number of piperidine rings is 1. The molecule has 1 fully saturated rings. The molecule has 2 heterocycles. The number of carboxylic acid groups (broad SMARTS) is 1. The molecule has 0 aliphatic carbocycles. The van der Waals surface area contributed by atoms with Gasteiger partial charge < -0.3 is 10.4 Å². The molecule has 0 radical (unpaired) electrons. The highest BCUT2D eigenvalue weighted by Gasteiger charge is 2.32. The van der Waals surface area contributed by atoms with Crippen LogP contribution in [0.15, 0.2) is 35.4 Å². The number of hydrogen-bond acceptors (Lipinski definition) is 5. The maximum atomic E-state index is 12.7. The molecule has 2 N–H and O–H groups in total. The number of nitrogens with zero attached hydrogens (tertiary/aromatic N) is 3. The molecule has 0 spiro atoms. The van der Waals surface area contributed by atoms with Gasteiger partial charge in [0, 0.05) is 31.1 Å². The number of carbonyl (C=O) groups excluding carboxylic acids is 1. The lowest BCUT2D eigenvalue weighted by Crippen LogP contribution is -2.41. The number of hydrogen-bond donors (Lipinski definition) is 2. The predicted octanol–water partition coefficient (Wildman–Crippen LogP) is 1.81. The molecule has 1 aliphatic rings. The number of aromatic nitrogens is 2. The Bertz CT molecular complexity index is 995. The van der Waals surface area contributed by atoms with Gasteiger partial charge in [-0.15, -0.1) is 0 Å². The molecule has 1 aliphatic heterocycles. The van der Waals surface area contributed by atoms with Crippen molar-refractivity contribution in [2.45, 2.75) is 17.7 Å². The minimum absolute atomic E-state index is 0.115. The Kier molecular flexibility index (Phi) is 5.73. The summed E-state index contributed by atoms with van der Waals surface area (Å²) in [5, 5.41) is 16.1. The van der Waals surface area contributed by atoms with E-state index in [4.69, 9.17) is 11.6 Å². The predicted molar refractivity (Wildman–Crippen MR) is 102 cm³/mol. The maximum absolute atomic E-state index is 12.7. The van der Waals surface area contributed by atoms with E-state index < -0.39 is 21.9 Å². The van der Waals surface area contributed by atoms with Crippen LogP contribution in [0.3, 0.4) is 0 Å². The zero-order valence-electron chi connectivity index (χ0n) is 15.0. The minimum Gasteiger partial charge on any atom is -0.476 e. The number of rotatable bonds is 5. The van der Waals surface area contributed by atoms with Gasteiger partial charge in [0.1, 0.15) is 0 Å². The van der Waals surface area contributed by atoms with E-state index in [0.717, 1.165) is 0 Å². The second-order valence-electron chi connectivity index (χ2n) is 6.46. The van der Waals surface area contributed by atoms with E-state index in [1.165, 1.54) is 46.5 Å². The third kappa shape index (κ3) is 4.03. The summed E-state index contributed by atoms with van der Waals surface area (Å²) >= 11 is 5.80. The van der Waals surface area contributed by atoms with Crippen LogP contribution in [-0.4, -0.2) is 52.6 Å². The molecule has 3 rings (SSSR count). The normalized spacial score (nSPS) is 16.1. The Labute approximate surface area is 167 Å². The van der Waals surface area contributed by atoms with Crippen LogP contribution in [0.4, 0.5) is 5.69 Å². The SMILES string of the molecule is Cn1ncc(NC(=O)C2CCN(S(=O)(=O)c3ccc(Cl)cc3)CC2)c1C(=O)O. The monoisotopic (exact) mass is 426 g/mol.